The SMILES string of the molecule is C[C@@H]1C(=O)N(C)c2ccc(Nc3cccc(S(=O)(=O)N4CCN(C)CC4)c3)nc2N1C1CCNCC1. The molecule has 4 heterocycles. The summed E-state index contributed by atoms with van der Waals surface area (Å²) in [6.45, 7) is 6.19. The standard InChI is InChI=1S/C25H35N7O3S/c1-18-25(33)30(3)22-7-8-23(28-24(22)32(18)20-9-11-26-12-10-20)27-19-5-4-6-21(17-19)36(34,35)31-15-13-29(2)14-16-31/h4-8,17-18,20,26H,9-16H2,1-3H3,(H,27,28)/t18-/m1/s1. The van der Waals surface area contributed by atoms with Gasteiger partial charge in [-0.3, -0.25) is 4.79 Å². The molecule has 2 N–H and O–H groups in total. The third-order valence-corrected chi connectivity index (χ3v) is 9.37. The molecule has 11 heteroatoms. The Labute approximate surface area is 213 Å². The summed E-state index contributed by atoms with van der Waals surface area (Å²) in [7, 11) is 0.221. The van der Waals surface area contributed by atoms with Crippen LogP contribution in [0.15, 0.2) is 41.3 Å². The van der Waals surface area contributed by atoms with E-state index in [9.17, 15) is 13.2 Å². The summed E-state index contributed by atoms with van der Waals surface area (Å²) in [6, 6.07) is 10.6. The number of nitrogens with zero attached hydrogens (tertiary/aromatic N) is 5. The average molecular weight is 514 g/mol. The average Bonchev–Trinajstić information content (AvgIpc) is 2.88. The number of benzene rings is 1. The highest BCUT2D eigenvalue weighted by atomic mass is 32.2. The van der Waals surface area contributed by atoms with E-state index < -0.39 is 10.0 Å². The lowest BCUT2D eigenvalue weighted by molar-refractivity contribution is -0.119. The normalized spacial score (nSPS) is 22.5. The van der Waals surface area contributed by atoms with Gasteiger partial charge in [0.2, 0.25) is 15.9 Å². The van der Waals surface area contributed by atoms with Crippen molar-refractivity contribution in [3.63, 3.8) is 0 Å². The topological polar surface area (TPSA) is 101 Å². The van der Waals surface area contributed by atoms with Crippen LogP contribution in [-0.4, -0.2) is 94.0 Å². The Balaban J connectivity index is 1.42. The van der Waals surface area contributed by atoms with E-state index in [1.54, 1.807) is 34.5 Å². The molecule has 194 valence electrons. The molecule has 10 nitrogen and oxygen atoms in total. The first-order valence-electron chi connectivity index (χ1n) is 12.6. The highest BCUT2D eigenvalue weighted by molar-refractivity contribution is 7.89. The van der Waals surface area contributed by atoms with Crippen LogP contribution in [0, 0.1) is 0 Å². The van der Waals surface area contributed by atoms with Gasteiger partial charge in [0.25, 0.3) is 0 Å². The number of piperidine rings is 1. The largest absolute Gasteiger partial charge is 0.340 e. The Hall–Kier alpha value is -2.73. The van der Waals surface area contributed by atoms with Gasteiger partial charge in [-0.2, -0.15) is 4.31 Å². The molecule has 1 aromatic carbocycles. The van der Waals surface area contributed by atoms with E-state index in [1.807, 2.05) is 32.2 Å². The molecule has 1 atom stereocenters. The Kier molecular flexibility index (Phi) is 6.90. The number of amides is 1. The number of anilines is 4. The maximum Gasteiger partial charge on any atom is 0.249 e. The Bertz CT molecular complexity index is 1220. The number of nitrogens with one attached hydrogen (secondary N) is 2. The van der Waals surface area contributed by atoms with Crippen LogP contribution in [0.3, 0.4) is 0 Å². The van der Waals surface area contributed by atoms with Crippen LogP contribution in [0.5, 0.6) is 0 Å². The number of carbonyl (C=O) groups excluding carboxylic acids is 1. The van der Waals surface area contributed by atoms with Gasteiger partial charge >= 0.3 is 0 Å². The third-order valence-electron chi connectivity index (χ3n) is 7.47. The molecule has 1 aromatic heterocycles. The predicted molar refractivity (Wildman–Crippen MR) is 141 cm³/mol. The Morgan fingerprint density at radius 2 is 1.75 bits per heavy atom. The molecule has 2 fully saturated rings. The van der Waals surface area contributed by atoms with Gasteiger partial charge in [-0.1, -0.05) is 6.07 Å². The minimum atomic E-state index is -3.57. The number of carbonyl (C=O) groups is 1. The summed E-state index contributed by atoms with van der Waals surface area (Å²) in [4.78, 5) is 24.1. The van der Waals surface area contributed by atoms with Gasteiger partial charge in [0.15, 0.2) is 5.82 Å². The lowest BCUT2D eigenvalue weighted by atomic mass is 10.00. The van der Waals surface area contributed by atoms with Crippen molar-refractivity contribution in [3.05, 3.63) is 36.4 Å². The summed E-state index contributed by atoms with van der Waals surface area (Å²) in [5, 5.41) is 6.69. The predicted octanol–water partition coefficient (Wildman–Crippen LogP) is 1.68. The molecule has 5 rings (SSSR count). The van der Waals surface area contributed by atoms with Crippen molar-refractivity contribution in [2.75, 3.05) is 68.5 Å². The fourth-order valence-corrected chi connectivity index (χ4v) is 6.77. The molecule has 0 unspecified atom stereocenters. The molecule has 0 radical (unpaired) electrons. The third kappa shape index (κ3) is 4.68. The first kappa shape index (κ1) is 24.9. The number of aromatic nitrogens is 1. The molecule has 3 aliphatic rings. The number of piperazine rings is 1. The van der Waals surface area contributed by atoms with Gasteiger partial charge in [0, 0.05) is 45.0 Å². The molecule has 0 saturated carbocycles. The zero-order chi connectivity index (χ0) is 25.4. The molecule has 0 aliphatic carbocycles. The molecule has 2 aromatic rings. The van der Waals surface area contributed by atoms with Gasteiger partial charge in [-0.25, -0.2) is 13.4 Å². The molecular weight excluding hydrogens is 478 g/mol. The van der Waals surface area contributed by atoms with Gasteiger partial charge in [-0.15, -0.1) is 0 Å². The van der Waals surface area contributed by atoms with Crippen molar-refractivity contribution in [2.45, 2.75) is 36.7 Å². The van der Waals surface area contributed by atoms with Gasteiger partial charge in [-0.05, 0) is 70.2 Å². The van der Waals surface area contributed by atoms with Crippen LogP contribution in [0.1, 0.15) is 19.8 Å². The maximum atomic E-state index is 13.2. The summed E-state index contributed by atoms with van der Waals surface area (Å²) in [6.07, 6.45) is 1.90. The summed E-state index contributed by atoms with van der Waals surface area (Å²) >= 11 is 0. The van der Waals surface area contributed by atoms with Crippen molar-refractivity contribution >= 4 is 38.9 Å². The van der Waals surface area contributed by atoms with Crippen molar-refractivity contribution < 1.29 is 13.2 Å². The minimum Gasteiger partial charge on any atom is -0.340 e. The van der Waals surface area contributed by atoms with Crippen molar-refractivity contribution in [2.24, 2.45) is 0 Å². The van der Waals surface area contributed by atoms with Crippen LogP contribution < -0.4 is 20.4 Å². The summed E-state index contributed by atoms with van der Waals surface area (Å²) < 4.78 is 28.0. The van der Waals surface area contributed by atoms with Gasteiger partial charge in [0.1, 0.15) is 11.9 Å². The Morgan fingerprint density at radius 3 is 2.47 bits per heavy atom. The lowest BCUT2D eigenvalue weighted by Crippen LogP contribution is -2.56. The minimum absolute atomic E-state index is 0.0605. The smallest absolute Gasteiger partial charge is 0.249 e. The second-order valence-electron chi connectivity index (χ2n) is 9.86. The van der Waals surface area contributed by atoms with Crippen molar-refractivity contribution in [1.29, 1.82) is 0 Å². The maximum absolute atomic E-state index is 13.2. The lowest BCUT2D eigenvalue weighted by Gasteiger charge is -2.45. The Morgan fingerprint density at radius 1 is 1.03 bits per heavy atom. The summed E-state index contributed by atoms with van der Waals surface area (Å²) in [5.74, 6) is 1.45. The van der Waals surface area contributed by atoms with E-state index >= 15 is 0 Å². The fourth-order valence-electron chi connectivity index (χ4n) is 5.30. The van der Waals surface area contributed by atoms with Crippen LogP contribution in [0.2, 0.25) is 0 Å². The first-order chi connectivity index (χ1) is 17.3. The number of pyridine rings is 1. The van der Waals surface area contributed by atoms with E-state index in [1.165, 1.54) is 0 Å². The van der Waals surface area contributed by atoms with Crippen LogP contribution in [0.25, 0.3) is 0 Å². The van der Waals surface area contributed by atoms with E-state index in [0.717, 1.165) is 50.5 Å². The number of likely N-dealkylation sites (N-methyl/N-ethyl adjacent to an activating group) is 2. The molecular formula is C25H35N7O3S. The zero-order valence-electron chi connectivity index (χ0n) is 21.1. The van der Waals surface area contributed by atoms with E-state index in [2.05, 4.69) is 20.4 Å². The number of sulfonamides is 1. The molecule has 1 amide bonds. The summed E-state index contributed by atoms with van der Waals surface area (Å²) in [5.41, 5.74) is 1.44. The van der Waals surface area contributed by atoms with Gasteiger partial charge < -0.3 is 25.3 Å². The van der Waals surface area contributed by atoms with E-state index in [0.29, 0.717) is 24.6 Å². The molecule has 2 saturated heterocycles. The van der Waals surface area contributed by atoms with Crippen LogP contribution in [0.4, 0.5) is 23.0 Å². The highest BCUT2D eigenvalue weighted by Gasteiger charge is 2.39. The second-order valence-corrected chi connectivity index (χ2v) is 11.8. The van der Waals surface area contributed by atoms with Crippen LogP contribution in [-0.2, 0) is 14.8 Å². The van der Waals surface area contributed by atoms with Crippen LogP contribution >= 0.6 is 0 Å². The molecule has 3 aliphatic heterocycles. The van der Waals surface area contributed by atoms with Crippen molar-refractivity contribution in [3.8, 4) is 0 Å². The highest BCUT2D eigenvalue weighted by Crippen LogP contribution is 2.38. The van der Waals surface area contributed by atoms with E-state index in [4.69, 9.17) is 4.98 Å². The van der Waals surface area contributed by atoms with Gasteiger partial charge in [0.05, 0.1) is 10.6 Å². The fraction of sp³-hybridized carbons (Fsp3) is 0.520. The monoisotopic (exact) mass is 513 g/mol. The number of hydrogen-bond acceptors (Lipinski definition) is 8. The second kappa shape index (κ2) is 9.97. The first-order valence-corrected chi connectivity index (χ1v) is 14.0. The molecule has 0 bridgehead atoms. The van der Waals surface area contributed by atoms with Crippen molar-refractivity contribution in [1.82, 2.24) is 19.5 Å². The zero-order valence-corrected chi connectivity index (χ0v) is 22.0. The molecule has 0 spiro atoms. The quantitative estimate of drug-likeness (QED) is 0.623. The number of fused-ring (bicyclic) bond motifs is 1. The molecule has 36 heavy (non-hydrogen) atoms. The number of hydrogen-bond donors (Lipinski definition) is 2. The van der Waals surface area contributed by atoms with E-state index in [-0.39, 0.29) is 22.9 Å². The number of rotatable bonds is 5.